The molecule has 2 unspecified atom stereocenters. The summed E-state index contributed by atoms with van der Waals surface area (Å²) in [5.74, 6) is 0.361. The second-order valence-electron chi connectivity index (χ2n) is 7.93. The zero-order valence-corrected chi connectivity index (χ0v) is 18.4. The first-order valence-electron chi connectivity index (χ1n) is 10.3. The maximum atomic E-state index is 15.0. The Kier molecular flexibility index (Phi) is 5.55. The van der Waals surface area contributed by atoms with Crippen LogP contribution in [-0.2, 0) is 22.5 Å². The van der Waals surface area contributed by atoms with Crippen LogP contribution in [0.3, 0.4) is 0 Å². The third-order valence-corrected chi connectivity index (χ3v) is 5.85. The molecule has 1 aliphatic rings. The molecule has 32 heavy (non-hydrogen) atoms. The number of hydrogen-bond donors (Lipinski definition) is 2. The number of allylic oxidation sites excluding steroid dienone is 2. The number of benzene rings is 1. The van der Waals surface area contributed by atoms with E-state index in [1.807, 2.05) is 37.4 Å². The van der Waals surface area contributed by atoms with E-state index in [2.05, 4.69) is 19.9 Å². The average molecular weight is 453 g/mol. The minimum Gasteiger partial charge on any atom is -0.374 e. The van der Waals surface area contributed by atoms with E-state index in [4.69, 9.17) is 21.1 Å². The number of hydrogen-bond acceptors (Lipinski definition) is 4. The fraction of sp³-hybridized carbons (Fsp3) is 0.250. The molecule has 0 saturated carbocycles. The minimum atomic E-state index is -0.558. The second kappa shape index (κ2) is 8.50. The number of ether oxygens (including phenoxy) is 2. The van der Waals surface area contributed by atoms with Gasteiger partial charge < -0.3 is 19.4 Å². The van der Waals surface area contributed by atoms with Gasteiger partial charge in [-0.3, -0.25) is 0 Å². The maximum absolute atomic E-state index is 15.0. The van der Waals surface area contributed by atoms with Crippen LogP contribution >= 0.6 is 11.6 Å². The van der Waals surface area contributed by atoms with Gasteiger partial charge in [0.1, 0.15) is 36.1 Å². The van der Waals surface area contributed by atoms with Gasteiger partial charge in [0.25, 0.3) is 0 Å². The Morgan fingerprint density at radius 3 is 2.91 bits per heavy atom. The molecule has 0 spiro atoms. The number of halogens is 2. The number of aromatic amines is 2. The average Bonchev–Trinajstić information content (AvgIpc) is 3.36. The van der Waals surface area contributed by atoms with E-state index < -0.39 is 12.2 Å². The molecule has 2 atom stereocenters. The summed E-state index contributed by atoms with van der Waals surface area (Å²) < 4.78 is 26.5. The van der Waals surface area contributed by atoms with Gasteiger partial charge in [0.2, 0.25) is 0 Å². The molecule has 0 aliphatic heterocycles. The number of aromatic nitrogens is 4. The van der Waals surface area contributed by atoms with E-state index in [1.165, 1.54) is 6.08 Å². The number of nitrogens with zero attached hydrogens (tertiary/aromatic N) is 2. The van der Waals surface area contributed by atoms with Crippen molar-refractivity contribution in [2.45, 2.75) is 32.2 Å². The highest BCUT2D eigenvalue weighted by atomic mass is 35.5. The van der Waals surface area contributed by atoms with Crippen LogP contribution in [0.25, 0.3) is 22.1 Å². The second-order valence-corrected chi connectivity index (χ2v) is 8.36. The van der Waals surface area contributed by atoms with Gasteiger partial charge in [-0.05, 0) is 54.0 Å². The molecular weight excluding hydrogens is 431 g/mol. The molecule has 4 aromatic rings. The van der Waals surface area contributed by atoms with E-state index in [-0.39, 0.29) is 12.4 Å². The minimum absolute atomic E-state index is 0.220. The fourth-order valence-corrected chi connectivity index (χ4v) is 4.17. The first kappa shape index (κ1) is 20.9. The molecular formula is C24H22ClFN4O2. The Hall–Kier alpha value is -3.00. The Morgan fingerprint density at radius 1 is 1.19 bits per heavy atom. The number of pyridine rings is 1. The molecule has 3 heterocycles. The Morgan fingerprint density at radius 2 is 2.06 bits per heavy atom. The summed E-state index contributed by atoms with van der Waals surface area (Å²) >= 11 is 6.08. The third-order valence-electron chi connectivity index (χ3n) is 5.64. The monoisotopic (exact) mass is 452 g/mol. The number of fused-ring (bicyclic) bond motifs is 2. The molecule has 5 rings (SSSR count). The number of rotatable bonds is 6. The Balaban J connectivity index is 1.32. The maximum Gasteiger partial charge on any atom is 0.137 e. The zero-order chi connectivity index (χ0) is 22.2. The summed E-state index contributed by atoms with van der Waals surface area (Å²) in [6, 6.07) is 7.84. The smallest absolute Gasteiger partial charge is 0.137 e. The summed E-state index contributed by atoms with van der Waals surface area (Å²) in [7, 11) is 1.59. The first-order chi connectivity index (χ1) is 15.5. The number of imidazole rings is 1. The molecule has 0 saturated heterocycles. The van der Waals surface area contributed by atoms with Crippen molar-refractivity contribution in [1.82, 2.24) is 19.9 Å². The van der Waals surface area contributed by atoms with Crippen LogP contribution in [0.4, 0.5) is 4.39 Å². The highest BCUT2D eigenvalue weighted by Crippen LogP contribution is 2.30. The topological polar surface area (TPSA) is 75.8 Å². The summed E-state index contributed by atoms with van der Waals surface area (Å²) in [5.41, 5.74) is 5.14. The van der Waals surface area contributed by atoms with Crippen molar-refractivity contribution in [2.75, 3.05) is 7.11 Å². The number of nitrogens with one attached hydrogen (secondary N) is 2. The molecule has 3 aromatic heterocycles. The lowest BCUT2D eigenvalue weighted by molar-refractivity contribution is -0.0222. The van der Waals surface area contributed by atoms with Crippen molar-refractivity contribution in [3.8, 4) is 0 Å². The number of H-pyrrole nitrogens is 2. The predicted octanol–water partition coefficient (Wildman–Crippen LogP) is 5.34. The molecule has 6 nitrogen and oxygen atoms in total. The van der Waals surface area contributed by atoms with Gasteiger partial charge in [-0.15, -0.1) is 0 Å². The molecule has 0 radical (unpaired) electrons. The zero-order valence-electron chi connectivity index (χ0n) is 17.7. The van der Waals surface area contributed by atoms with E-state index in [9.17, 15) is 4.39 Å². The molecule has 0 amide bonds. The summed E-state index contributed by atoms with van der Waals surface area (Å²) in [5, 5.41) is 1.41. The van der Waals surface area contributed by atoms with Crippen molar-refractivity contribution in [3.05, 3.63) is 82.2 Å². The van der Waals surface area contributed by atoms with Crippen LogP contribution in [0, 0.1) is 6.92 Å². The summed E-state index contributed by atoms with van der Waals surface area (Å²) in [6.07, 6.45) is 6.07. The molecule has 8 heteroatoms. The number of methoxy groups -OCH3 is 1. The lowest BCUT2D eigenvalue weighted by Crippen LogP contribution is -2.31. The van der Waals surface area contributed by atoms with Gasteiger partial charge in [-0.2, -0.15) is 0 Å². The van der Waals surface area contributed by atoms with Crippen LogP contribution in [0.2, 0.25) is 5.02 Å². The van der Waals surface area contributed by atoms with Gasteiger partial charge >= 0.3 is 0 Å². The highest BCUT2D eigenvalue weighted by molar-refractivity contribution is 6.31. The Bertz CT molecular complexity index is 1360. The van der Waals surface area contributed by atoms with Gasteiger partial charge in [-0.25, -0.2) is 14.4 Å². The molecule has 2 N–H and O–H groups in total. The Labute approximate surface area is 189 Å². The summed E-state index contributed by atoms with van der Waals surface area (Å²) in [6.45, 7) is 2.25. The van der Waals surface area contributed by atoms with E-state index in [0.717, 1.165) is 33.2 Å². The molecule has 0 fully saturated rings. The summed E-state index contributed by atoms with van der Waals surface area (Å²) in [4.78, 5) is 15.2. The van der Waals surface area contributed by atoms with Crippen LogP contribution in [0.15, 0.2) is 60.2 Å². The van der Waals surface area contributed by atoms with E-state index >= 15 is 0 Å². The normalized spacial score (nSPS) is 18.9. The van der Waals surface area contributed by atoms with E-state index in [0.29, 0.717) is 22.8 Å². The standard InChI is InChI=1S/C24H22ClFN4O2/c1-13-3-4-19-20(5-13)30-23(29-19)12-32-22-9-18(26)14(7-21(22)31-2)6-15-10-27-24-17(15)8-16(25)11-28-24/h3-5,7-11,21-22H,6,12H2,1-2H3,(H,27,28)(H,29,30). The van der Waals surface area contributed by atoms with Crippen molar-refractivity contribution in [3.63, 3.8) is 0 Å². The van der Waals surface area contributed by atoms with Crippen LogP contribution in [0.1, 0.15) is 17.0 Å². The predicted molar refractivity (Wildman–Crippen MR) is 122 cm³/mol. The molecule has 0 bridgehead atoms. The van der Waals surface area contributed by atoms with Crippen LogP contribution in [-0.4, -0.2) is 39.3 Å². The highest BCUT2D eigenvalue weighted by Gasteiger charge is 2.27. The van der Waals surface area contributed by atoms with Crippen molar-refractivity contribution in [1.29, 1.82) is 0 Å². The first-order valence-corrected chi connectivity index (χ1v) is 10.7. The number of aryl methyl sites for hydroxylation is 1. The largest absolute Gasteiger partial charge is 0.374 e. The van der Waals surface area contributed by atoms with Gasteiger partial charge in [-0.1, -0.05) is 17.7 Å². The van der Waals surface area contributed by atoms with Gasteiger partial charge in [0.15, 0.2) is 0 Å². The molecule has 164 valence electrons. The fourth-order valence-electron chi connectivity index (χ4n) is 4.01. The van der Waals surface area contributed by atoms with Gasteiger partial charge in [0, 0.05) is 31.3 Å². The van der Waals surface area contributed by atoms with Gasteiger partial charge in [0.05, 0.1) is 16.1 Å². The van der Waals surface area contributed by atoms with Crippen molar-refractivity contribution >= 4 is 33.7 Å². The van der Waals surface area contributed by atoms with Crippen LogP contribution in [0.5, 0.6) is 0 Å². The molecule has 1 aliphatic carbocycles. The SMILES string of the molecule is COC1C=C(Cc2c[nH]c3ncc(Cl)cc23)C(F)=CC1OCc1nc2ccc(C)cc2[nH]1. The third kappa shape index (κ3) is 4.07. The lowest BCUT2D eigenvalue weighted by Gasteiger charge is -2.26. The van der Waals surface area contributed by atoms with Crippen molar-refractivity contribution in [2.24, 2.45) is 0 Å². The quantitative estimate of drug-likeness (QED) is 0.414. The van der Waals surface area contributed by atoms with E-state index in [1.54, 1.807) is 19.4 Å². The lowest BCUT2D eigenvalue weighted by atomic mass is 9.95. The van der Waals surface area contributed by atoms with Crippen LogP contribution < -0.4 is 0 Å². The van der Waals surface area contributed by atoms with Crippen molar-refractivity contribution < 1.29 is 13.9 Å². The molecule has 1 aromatic carbocycles.